The summed E-state index contributed by atoms with van der Waals surface area (Å²) < 4.78 is 0. The summed E-state index contributed by atoms with van der Waals surface area (Å²) in [4.78, 5) is 4.51. The molecule has 1 aromatic rings. The normalized spacial score (nSPS) is 12.3. The summed E-state index contributed by atoms with van der Waals surface area (Å²) in [5, 5.41) is 0. The predicted molar refractivity (Wildman–Crippen MR) is 72.0 cm³/mol. The van der Waals surface area contributed by atoms with Crippen LogP contribution in [0.3, 0.4) is 0 Å². The van der Waals surface area contributed by atoms with E-state index in [0.717, 1.165) is 23.4 Å². The first kappa shape index (κ1) is 12.2. The zero-order chi connectivity index (χ0) is 11.8. The number of aliphatic imine (C=N–C) groups is 1. The molecule has 0 unspecified atom stereocenters. The minimum atomic E-state index is 0.756. The standard InChI is InChI=1S/C15H17N/c1-4-10-13(5-2)15(16-6-3)14-11-8-7-9-12-14/h4-5,7-12H,1-2,6H2,3H3/b13-10+,16-15?. The van der Waals surface area contributed by atoms with Crippen molar-refractivity contribution in [3.63, 3.8) is 0 Å². The van der Waals surface area contributed by atoms with Gasteiger partial charge < -0.3 is 0 Å². The smallest absolute Gasteiger partial charge is 0.0718 e. The summed E-state index contributed by atoms with van der Waals surface area (Å²) in [6, 6.07) is 10.1. The van der Waals surface area contributed by atoms with Crippen molar-refractivity contribution in [2.45, 2.75) is 6.92 Å². The monoisotopic (exact) mass is 211 g/mol. The van der Waals surface area contributed by atoms with Crippen LogP contribution in [0.25, 0.3) is 0 Å². The Bertz CT molecular complexity index is 410. The molecule has 0 amide bonds. The first-order valence-electron chi connectivity index (χ1n) is 5.38. The molecular weight excluding hydrogens is 194 g/mol. The fourth-order valence-electron chi connectivity index (χ4n) is 1.47. The van der Waals surface area contributed by atoms with Crippen LogP contribution in [0, 0.1) is 0 Å². The van der Waals surface area contributed by atoms with E-state index in [9.17, 15) is 0 Å². The molecule has 0 saturated carbocycles. The lowest BCUT2D eigenvalue weighted by atomic mass is 10.0. The zero-order valence-electron chi connectivity index (χ0n) is 9.69. The minimum absolute atomic E-state index is 0.756. The summed E-state index contributed by atoms with van der Waals surface area (Å²) >= 11 is 0. The molecule has 0 radical (unpaired) electrons. The Balaban J connectivity index is 3.20. The average Bonchev–Trinajstić information content (AvgIpc) is 2.35. The molecule has 1 aromatic carbocycles. The van der Waals surface area contributed by atoms with Gasteiger partial charge in [-0.2, -0.15) is 0 Å². The van der Waals surface area contributed by atoms with Crippen molar-refractivity contribution in [2.24, 2.45) is 4.99 Å². The van der Waals surface area contributed by atoms with Gasteiger partial charge in [-0.3, -0.25) is 4.99 Å². The maximum atomic E-state index is 4.51. The van der Waals surface area contributed by atoms with E-state index in [-0.39, 0.29) is 0 Å². The maximum absolute atomic E-state index is 4.51. The molecule has 0 atom stereocenters. The molecule has 0 aliphatic carbocycles. The van der Waals surface area contributed by atoms with Crippen molar-refractivity contribution < 1.29 is 0 Å². The minimum Gasteiger partial charge on any atom is -0.284 e. The Morgan fingerprint density at radius 2 is 1.94 bits per heavy atom. The number of benzene rings is 1. The molecule has 0 aliphatic heterocycles. The summed E-state index contributed by atoms with van der Waals surface area (Å²) in [6.45, 7) is 10.3. The van der Waals surface area contributed by atoms with E-state index in [1.807, 2.05) is 37.3 Å². The highest BCUT2D eigenvalue weighted by molar-refractivity contribution is 6.14. The van der Waals surface area contributed by atoms with Crippen molar-refractivity contribution >= 4 is 5.71 Å². The Morgan fingerprint density at radius 1 is 1.25 bits per heavy atom. The van der Waals surface area contributed by atoms with Crippen LogP contribution in [0.4, 0.5) is 0 Å². The number of hydrogen-bond acceptors (Lipinski definition) is 1. The molecule has 0 bridgehead atoms. The molecule has 0 aromatic heterocycles. The van der Waals surface area contributed by atoms with Crippen LogP contribution in [-0.4, -0.2) is 12.3 Å². The number of hydrogen-bond donors (Lipinski definition) is 0. The second-order valence-electron chi connectivity index (χ2n) is 3.25. The van der Waals surface area contributed by atoms with Gasteiger partial charge in [-0.15, -0.1) is 0 Å². The molecule has 0 N–H and O–H groups in total. The summed E-state index contributed by atoms with van der Waals surface area (Å²) in [5.74, 6) is 0. The molecule has 1 nitrogen and oxygen atoms in total. The Hall–Kier alpha value is -1.89. The lowest BCUT2D eigenvalue weighted by Crippen LogP contribution is -2.04. The number of rotatable bonds is 5. The van der Waals surface area contributed by atoms with E-state index in [1.54, 1.807) is 6.08 Å². The fraction of sp³-hybridized carbons (Fsp3) is 0.133. The molecule has 0 heterocycles. The molecule has 0 saturated heterocycles. The highest BCUT2D eigenvalue weighted by Gasteiger charge is 2.05. The van der Waals surface area contributed by atoms with E-state index in [2.05, 4.69) is 30.3 Å². The van der Waals surface area contributed by atoms with Crippen LogP contribution >= 0.6 is 0 Å². The third kappa shape index (κ3) is 3.06. The van der Waals surface area contributed by atoms with Crippen molar-refractivity contribution in [1.29, 1.82) is 0 Å². The van der Waals surface area contributed by atoms with E-state index >= 15 is 0 Å². The van der Waals surface area contributed by atoms with Crippen LogP contribution in [0.2, 0.25) is 0 Å². The van der Waals surface area contributed by atoms with Crippen LogP contribution in [-0.2, 0) is 0 Å². The highest BCUT2D eigenvalue weighted by atomic mass is 14.7. The second-order valence-corrected chi connectivity index (χ2v) is 3.25. The molecule has 0 spiro atoms. The van der Waals surface area contributed by atoms with E-state index < -0.39 is 0 Å². The molecule has 1 rings (SSSR count). The Kier molecular flexibility index (Phi) is 5.00. The average molecular weight is 211 g/mol. The summed E-state index contributed by atoms with van der Waals surface area (Å²) in [5.41, 5.74) is 3.08. The summed E-state index contributed by atoms with van der Waals surface area (Å²) in [7, 11) is 0. The molecule has 1 heteroatoms. The lowest BCUT2D eigenvalue weighted by molar-refractivity contribution is 1.13. The first-order chi connectivity index (χ1) is 7.83. The fourth-order valence-corrected chi connectivity index (χ4v) is 1.47. The molecular formula is C15H17N. The van der Waals surface area contributed by atoms with Crippen LogP contribution in [0.15, 0.2) is 72.3 Å². The van der Waals surface area contributed by atoms with Crippen LogP contribution in [0.5, 0.6) is 0 Å². The Morgan fingerprint density at radius 3 is 2.44 bits per heavy atom. The number of allylic oxidation sites excluding steroid dienone is 4. The van der Waals surface area contributed by atoms with Gasteiger partial charge in [0.25, 0.3) is 0 Å². The van der Waals surface area contributed by atoms with Crippen LogP contribution in [0.1, 0.15) is 12.5 Å². The van der Waals surface area contributed by atoms with E-state index in [0.29, 0.717) is 0 Å². The van der Waals surface area contributed by atoms with Gasteiger partial charge in [0.05, 0.1) is 5.71 Å². The second kappa shape index (κ2) is 6.57. The molecule has 16 heavy (non-hydrogen) atoms. The largest absolute Gasteiger partial charge is 0.284 e. The quantitative estimate of drug-likeness (QED) is 0.519. The highest BCUT2D eigenvalue weighted by Crippen LogP contribution is 2.11. The number of nitrogens with zero attached hydrogens (tertiary/aromatic N) is 1. The molecule has 0 fully saturated rings. The predicted octanol–water partition coefficient (Wildman–Crippen LogP) is 3.79. The zero-order valence-corrected chi connectivity index (χ0v) is 9.69. The van der Waals surface area contributed by atoms with Crippen LogP contribution < -0.4 is 0 Å². The van der Waals surface area contributed by atoms with Gasteiger partial charge in [0.2, 0.25) is 0 Å². The van der Waals surface area contributed by atoms with Crippen molar-refractivity contribution in [3.8, 4) is 0 Å². The summed E-state index contributed by atoms with van der Waals surface area (Å²) in [6.07, 6.45) is 5.49. The van der Waals surface area contributed by atoms with Crippen molar-refractivity contribution in [3.05, 3.63) is 72.9 Å². The van der Waals surface area contributed by atoms with E-state index in [1.165, 1.54) is 0 Å². The first-order valence-corrected chi connectivity index (χ1v) is 5.38. The van der Waals surface area contributed by atoms with Gasteiger partial charge in [-0.1, -0.05) is 61.7 Å². The molecule has 0 aliphatic rings. The third-order valence-electron chi connectivity index (χ3n) is 2.15. The van der Waals surface area contributed by atoms with Crippen molar-refractivity contribution in [1.82, 2.24) is 0 Å². The van der Waals surface area contributed by atoms with Gasteiger partial charge >= 0.3 is 0 Å². The topological polar surface area (TPSA) is 12.4 Å². The van der Waals surface area contributed by atoms with E-state index in [4.69, 9.17) is 0 Å². The third-order valence-corrected chi connectivity index (χ3v) is 2.15. The van der Waals surface area contributed by atoms with Gasteiger partial charge in [-0.05, 0) is 12.5 Å². The molecule has 82 valence electrons. The Labute approximate surface area is 97.5 Å². The lowest BCUT2D eigenvalue weighted by Gasteiger charge is -2.07. The van der Waals surface area contributed by atoms with Crippen molar-refractivity contribution in [2.75, 3.05) is 6.54 Å². The SMILES string of the molecule is C=C/C=C(\C=C)C(=NCC)c1ccccc1. The van der Waals surface area contributed by atoms with Gasteiger partial charge in [0.15, 0.2) is 0 Å². The van der Waals surface area contributed by atoms with Gasteiger partial charge in [0, 0.05) is 12.1 Å². The van der Waals surface area contributed by atoms with Gasteiger partial charge in [0.1, 0.15) is 0 Å². The maximum Gasteiger partial charge on any atom is 0.0718 e. The van der Waals surface area contributed by atoms with Gasteiger partial charge in [-0.25, -0.2) is 0 Å².